The lowest BCUT2D eigenvalue weighted by atomic mass is 10.1. The summed E-state index contributed by atoms with van der Waals surface area (Å²) in [5.74, 6) is -0.356. The Hall–Kier alpha value is -1.36. The molecular formula is C10H18N4O. The highest BCUT2D eigenvalue weighted by Crippen LogP contribution is 2.04. The summed E-state index contributed by atoms with van der Waals surface area (Å²) < 4.78 is 1.75. The molecule has 0 atom stereocenters. The average molecular weight is 210 g/mol. The Morgan fingerprint density at radius 3 is 2.80 bits per heavy atom. The van der Waals surface area contributed by atoms with Crippen molar-refractivity contribution in [3.8, 4) is 0 Å². The van der Waals surface area contributed by atoms with E-state index in [0.29, 0.717) is 6.54 Å². The maximum absolute atomic E-state index is 10.8. The molecule has 5 nitrogen and oxygen atoms in total. The van der Waals surface area contributed by atoms with Crippen LogP contribution in [0.5, 0.6) is 0 Å². The zero-order chi connectivity index (χ0) is 11.5. The monoisotopic (exact) mass is 210 g/mol. The van der Waals surface area contributed by atoms with Gasteiger partial charge in [0.25, 0.3) is 0 Å². The Morgan fingerprint density at radius 1 is 1.60 bits per heavy atom. The van der Waals surface area contributed by atoms with Crippen LogP contribution in [-0.4, -0.2) is 21.0 Å². The second kappa shape index (κ2) is 4.44. The zero-order valence-corrected chi connectivity index (χ0v) is 9.45. The van der Waals surface area contributed by atoms with E-state index in [1.165, 1.54) is 0 Å². The summed E-state index contributed by atoms with van der Waals surface area (Å²) in [6.45, 7) is 7.11. The fourth-order valence-corrected chi connectivity index (χ4v) is 1.16. The van der Waals surface area contributed by atoms with Gasteiger partial charge in [0.2, 0.25) is 5.91 Å². The van der Waals surface area contributed by atoms with E-state index in [4.69, 9.17) is 5.73 Å². The minimum atomic E-state index is -0.356. The van der Waals surface area contributed by atoms with Crippen molar-refractivity contribution < 1.29 is 4.79 Å². The van der Waals surface area contributed by atoms with Gasteiger partial charge in [-0.3, -0.25) is 4.79 Å². The predicted octanol–water partition coefficient (Wildman–Crippen LogP) is 0.256. The lowest BCUT2D eigenvalue weighted by Crippen LogP contribution is -2.36. The van der Waals surface area contributed by atoms with Crippen molar-refractivity contribution in [2.75, 3.05) is 0 Å². The summed E-state index contributed by atoms with van der Waals surface area (Å²) >= 11 is 0. The minimum Gasteiger partial charge on any atom is -0.368 e. The van der Waals surface area contributed by atoms with Gasteiger partial charge in [-0.25, -0.2) is 4.98 Å². The first-order valence-corrected chi connectivity index (χ1v) is 4.91. The molecule has 0 unspecified atom stereocenters. The highest BCUT2D eigenvalue weighted by Gasteiger charge is 2.11. The number of rotatable bonds is 4. The SMILES string of the molecule is CC(C)(C)NCc1cncn1CC(N)=O. The molecule has 1 amide bonds. The van der Waals surface area contributed by atoms with Gasteiger partial charge in [-0.05, 0) is 20.8 Å². The molecule has 5 heteroatoms. The molecule has 0 fully saturated rings. The Balaban J connectivity index is 2.61. The number of carbonyl (C=O) groups is 1. The molecule has 3 N–H and O–H groups in total. The normalized spacial score (nSPS) is 11.7. The summed E-state index contributed by atoms with van der Waals surface area (Å²) in [4.78, 5) is 14.8. The number of amides is 1. The third kappa shape index (κ3) is 4.12. The first-order valence-electron chi connectivity index (χ1n) is 4.91. The van der Waals surface area contributed by atoms with Crippen LogP contribution in [0.1, 0.15) is 26.5 Å². The first-order chi connectivity index (χ1) is 6.88. The van der Waals surface area contributed by atoms with E-state index >= 15 is 0 Å². The maximum atomic E-state index is 10.8. The topological polar surface area (TPSA) is 72.9 Å². The molecule has 0 spiro atoms. The van der Waals surface area contributed by atoms with Crippen LogP contribution in [0, 0.1) is 0 Å². The van der Waals surface area contributed by atoms with Crippen LogP contribution in [0.15, 0.2) is 12.5 Å². The van der Waals surface area contributed by atoms with Crippen LogP contribution in [-0.2, 0) is 17.9 Å². The Kier molecular flexibility index (Phi) is 3.47. The van der Waals surface area contributed by atoms with Gasteiger partial charge in [-0.15, -0.1) is 0 Å². The molecule has 0 saturated heterocycles. The number of aromatic nitrogens is 2. The highest BCUT2D eigenvalue weighted by atomic mass is 16.1. The van der Waals surface area contributed by atoms with E-state index in [2.05, 4.69) is 31.1 Å². The van der Waals surface area contributed by atoms with E-state index in [1.54, 1.807) is 17.1 Å². The van der Waals surface area contributed by atoms with Crippen molar-refractivity contribution in [2.24, 2.45) is 5.73 Å². The number of carbonyl (C=O) groups excluding carboxylic acids is 1. The number of imidazole rings is 1. The van der Waals surface area contributed by atoms with Crippen molar-refractivity contribution in [3.63, 3.8) is 0 Å². The summed E-state index contributed by atoms with van der Waals surface area (Å²) in [6.07, 6.45) is 3.35. The van der Waals surface area contributed by atoms with Crippen molar-refractivity contribution >= 4 is 5.91 Å². The van der Waals surface area contributed by atoms with E-state index in [-0.39, 0.29) is 18.0 Å². The number of nitrogens with one attached hydrogen (secondary N) is 1. The number of hydrogen-bond donors (Lipinski definition) is 2. The van der Waals surface area contributed by atoms with Crippen LogP contribution in [0.25, 0.3) is 0 Å². The smallest absolute Gasteiger partial charge is 0.237 e. The molecule has 84 valence electrons. The molecule has 0 aliphatic carbocycles. The van der Waals surface area contributed by atoms with Gasteiger partial charge in [0.1, 0.15) is 6.54 Å². The fraction of sp³-hybridized carbons (Fsp3) is 0.600. The van der Waals surface area contributed by atoms with Crippen LogP contribution >= 0.6 is 0 Å². The van der Waals surface area contributed by atoms with Crippen molar-refractivity contribution in [2.45, 2.75) is 39.4 Å². The molecule has 15 heavy (non-hydrogen) atoms. The third-order valence-corrected chi connectivity index (χ3v) is 1.92. The number of nitrogens with two attached hydrogens (primary N) is 1. The molecule has 0 aliphatic heterocycles. The van der Waals surface area contributed by atoms with Crippen molar-refractivity contribution in [3.05, 3.63) is 18.2 Å². The largest absolute Gasteiger partial charge is 0.368 e. The minimum absolute atomic E-state index is 0.0435. The van der Waals surface area contributed by atoms with Crippen LogP contribution in [0.4, 0.5) is 0 Å². The van der Waals surface area contributed by atoms with Gasteiger partial charge in [-0.1, -0.05) is 0 Å². The van der Waals surface area contributed by atoms with Gasteiger partial charge < -0.3 is 15.6 Å². The molecule has 1 aromatic rings. The predicted molar refractivity (Wildman–Crippen MR) is 58.0 cm³/mol. The molecular weight excluding hydrogens is 192 g/mol. The third-order valence-electron chi connectivity index (χ3n) is 1.92. The van der Waals surface area contributed by atoms with E-state index in [1.807, 2.05) is 0 Å². The number of primary amides is 1. The van der Waals surface area contributed by atoms with E-state index in [9.17, 15) is 4.79 Å². The van der Waals surface area contributed by atoms with E-state index < -0.39 is 0 Å². The van der Waals surface area contributed by atoms with E-state index in [0.717, 1.165) is 5.69 Å². The molecule has 1 aromatic heterocycles. The first kappa shape index (κ1) is 11.7. The second-order valence-electron chi connectivity index (χ2n) is 4.58. The summed E-state index contributed by atoms with van der Waals surface area (Å²) in [6, 6.07) is 0. The maximum Gasteiger partial charge on any atom is 0.237 e. The summed E-state index contributed by atoms with van der Waals surface area (Å²) in [5, 5.41) is 3.32. The van der Waals surface area contributed by atoms with Gasteiger partial charge in [0, 0.05) is 18.3 Å². The molecule has 0 aromatic carbocycles. The lowest BCUT2D eigenvalue weighted by Gasteiger charge is -2.20. The molecule has 0 aliphatic rings. The standard InChI is InChI=1S/C10H18N4O/c1-10(2,3)13-5-8-4-12-7-14(8)6-9(11)15/h4,7,13H,5-6H2,1-3H3,(H2,11,15). The summed E-state index contributed by atoms with van der Waals surface area (Å²) in [5.41, 5.74) is 6.13. The Bertz CT molecular complexity index is 337. The van der Waals surface area contributed by atoms with Gasteiger partial charge >= 0.3 is 0 Å². The highest BCUT2D eigenvalue weighted by molar-refractivity contribution is 5.73. The Labute approximate surface area is 89.7 Å². The molecule has 0 saturated carbocycles. The molecule has 1 heterocycles. The zero-order valence-electron chi connectivity index (χ0n) is 9.45. The Morgan fingerprint density at radius 2 is 2.27 bits per heavy atom. The van der Waals surface area contributed by atoms with Crippen LogP contribution in [0.2, 0.25) is 0 Å². The van der Waals surface area contributed by atoms with Crippen LogP contribution in [0.3, 0.4) is 0 Å². The van der Waals surface area contributed by atoms with Gasteiger partial charge in [0.15, 0.2) is 0 Å². The number of nitrogens with zero attached hydrogens (tertiary/aromatic N) is 2. The van der Waals surface area contributed by atoms with Gasteiger partial charge in [0.05, 0.1) is 12.0 Å². The average Bonchev–Trinajstić information content (AvgIpc) is 2.46. The molecule has 0 radical (unpaired) electrons. The summed E-state index contributed by atoms with van der Waals surface area (Å²) in [7, 11) is 0. The van der Waals surface area contributed by atoms with Crippen LogP contribution < -0.4 is 11.1 Å². The van der Waals surface area contributed by atoms with Crippen molar-refractivity contribution in [1.29, 1.82) is 0 Å². The molecule has 1 rings (SSSR count). The fourth-order valence-electron chi connectivity index (χ4n) is 1.16. The molecule has 0 bridgehead atoms. The van der Waals surface area contributed by atoms with Gasteiger partial charge in [-0.2, -0.15) is 0 Å². The number of hydrogen-bond acceptors (Lipinski definition) is 3. The lowest BCUT2D eigenvalue weighted by molar-refractivity contribution is -0.118. The second-order valence-corrected chi connectivity index (χ2v) is 4.58. The quantitative estimate of drug-likeness (QED) is 0.748. The van der Waals surface area contributed by atoms with Crippen molar-refractivity contribution in [1.82, 2.24) is 14.9 Å².